The second kappa shape index (κ2) is 15.5. The van der Waals surface area contributed by atoms with E-state index in [1.165, 1.54) is 44.8 Å². The fraction of sp³-hybridized carbons (Fsp3) is 0.667. The van der Waals surface area contributed by atoms with Gasteiger partial charge in [0.05, 0.1) is 45.6 Å². The number of aromatic hydroxyl groups is 1. The zero-order valence-corrected chi connectivity index (χ0v) is 26.6. The van der Waals surface area contributed by atoms with Crippen LogP contribution in [0.4, 0.5) is 0 Å². The normalized spacial score (nSPS) is 26.5. The molecule has 4 aliphatic rings. The standard InChI is InChI=1S/C36H54N2O6/c1-2-9-35(37-23-33(41)28-14-15-32(40)29(22-28)25-39)43-21-8-18-38-19-16-27(17-20-38)34(24-38)44-26-36(42,31-12-6-7-13-31)30-10-4-3-5-11-30/h3-5,10-11,14-15,22,27,31,33-35,37,39,41-42H,2,6-9,12-13,16-21,23-26H2,1H3/p+1/t27?,33-,34-,35?,36+,38?/m0/s1. The largest absolute Gasteiger partial charge is 0.508 e. The summed E-state index contributed by atoms with van der Waals surface area (Å²) in [5, 5.41) is 45.3. The third kappa shape index (κ3) is 8.02. The van der Waals surface area contributed by atoms with Crippen LogP contribution in [0.25, 0.3) is 0 Å². The van der Waals surface area contributed by atoms with Crippen LogP contribution in [0.5, 0.6) is 5.75 Å². The highest BCUT2D eigenvalue weighted by Crippen LogP contribution is 2.42. The van der Waals surface area contributed by atoms with Gasteiger partial charge in [0.15, 0.2) is 0 Å². The molecule has 1 aliphatic carbocycles. The van der Waals surface area contributed by atoms with Gasteiger partial charge in [-0.3, -0.25) is 5.32 Å². The molecular formula is C36H55N2O6+. The second-order valence-corrected chi connectivity index (χ2v) is 13.6. The van der Waals surface area contributed by atoms with Crippen LogP contribution in [0.15, 0.2) is 48.5 Å². The molecule has 8 heteroatoms. The third-order valence-corrected chi connectivity index (χ3v) is 10.7. The van der Waals surface area contributed by atoms with E-state index in [0.29, 0.717) is 36.8 Å². The predicted molar refractivity (Wildman–Crippen MR) is 171 cm³/mol. The minimum Gasteiger partial charge on any atom is -0.508 e. The Labute approximate surface area is 263 Å². The topological polar surface area (TPSA) is 111 Å². The Hall–Kier alpha value is -2.04. The van der Waals surface area contributed by atoms with Gasteiger partial charge >= 0.3 is 0 Å². The lowest BCUT2D eigenvalue weighted by Crippen LogP contribution is -2.65. The number of hydrogen-bond donors (Lipinski definition) is 5. The number of aliphatic hydroxyl groups excluding tert-OH is 2. The van der Waals surface area contributed by atoms with Crippen LogP contribution in [-0.4, -0.2) is 83.2 Å². The van der Waals surface area contributed by atoms with Crippen molar-refractivity contribution in [3.05, 3.63) is 65.2 Å². The monoisotopic (exact) mass is 611 g/mol. The first-order chi connectivity index (χ1) is 21.4. The summed E-state index contributed by atoms with van der Waals surface area (Å²) in [4.78, 5) is 0. The van der Waals surface area contributed by atoms with Gasteiger partial charge in [0.2, 0.25) is 0 Å². The number of nitrogens with zero attached hydrogens (tertiary/aromatic N) is 1. The SMILES string of the molecule is CCCC(NC[C@H](O)c1ccc(O)c(CO)c1)OCCC[N+]12CCC(CC1)[C@@H](OC[C@@](O)(c1ccccc1)C1CCCC1)C2. The van der Waals surface area contributed by atoms with Crippen molar-refractivity contribution in [2.24, 2.45) is 11.8 Å². The number of fused-ring (bicyclic) bond motifs is 3. The van der Waals surface area contributed by atoms with E-state index in [2.05, 4.69) is 24.4 Å². The van der Waals surface area contributed by atoms with Crippen LogP contribution in [0.1, 0.15) is 87.5 Å². The van der Waals surface area contributed by atoms with Gasteiger partial charge in [0.25, 0.3) is 0 Å². The number of rotatable bonds is 17. The third-order valence-electron chi connectivity index (χ3n) is 10.7. The van der Waals surface area contributed by atoms with Gasteiger partial charge in [0.1, 0.15) is 30.2 Å². The van der Waals surface area contributed by atoms with E-state index in [0.717, 1.165) is 55.2 Å². The first-order valence-corrected chi connectivity index (χ1v) is 17.1. The minimum absolute atomic E-state index is 0.0311. The molecule has 2 aromatic carbocycles. The van der Waals surface area contributed by atoms with Gasteiger partial charge in [-0.05, 0) is 48.4 Å². The lowest BCUT2D eigenvalue weighted by atomic mass is 9.80. The Morgan fingerprint density at radius 3 is 2.50 bits per heavy atom. The Bertz CT molecular complexity index is 1150. The number of benzene rings is 2. The molecule has 4 fully saturated rings. The van der Waals surface area contributed by atoms with Gasteiger partial charge in [-0.1, -0.05) is 62.6 Å². The molecule has 0 amide bonds. The average molecular weight is 612 g/mol. The molecule has 1 unspecified atom stereocenters. The lowest BCUT2D eigenvalue weighted by molar-refractivity contribution is -0.946. The number of ether oxygens (including phenoxy) is 2. The molecule has 0 aromatic heterocycles. The van der Waals surface area contributed by atoms with E-state index >= 15 is 0 Å². The molecule has 6 rings (SSSR count). The summed E-state index contributed by atoms with van der Waals surface area (Å²) >= 11 is 0. The summed E-state index contributed by atoms with van der Waals surface area (Å²) in [6.45, 7) is 7.71. The number of aliphatic hydroxyl groups is 3. The number of phenols is 1. The Kier molecular flexibility index (Phi) is 11.7. The number of quaternary nitrogens is 1. The maximum absolute atomic E-state index is 12.0. The van der Waals surface area contributed by atoms with Gasteiger partial charge < -0.3 is 34.4 Å². The molecule has 5 N–H and O–H groups in total. The Morgan fingerprint density at radius 2 is 1.80 bits per heavy atom. The highest BCUT2D eigenvalue weighted by atomic mass is 16.5. The van der Waals surface area contributed by atoms with Crippen LogP contribution in [0, 0.1) is 11.8 Å². The Morgan fingerprint density at radius 1 is 1.05 bits per heavy atom. The van der Waals surface area contributed by atoms with Crippen molar-refractivity contribution < 1.29 is 34.4 Å². The number of nitrogens with one attached hydrogen (secondary N) is 1. The van der Waals surface area contributed by atoms with E-state index in [1.54, 1.807) is 12.1 Å². The molecule has 0 radical (unpaired) electrons. The van der Waals surface area contributed by atoms with Crippen molar-refractivity contribution in [3.8, 4) is 5.75 Å². The molecule has 2 bridgehead atoms. The number of piperidine rings is 3. The first-order valence-electron chi connectivity index (χ1n) is 17.1. The molecule has 1 saturated carbocycles. The summed E-state index contributed by atoms with van der Waals surface area (Å²) in [7, 11) is 0. The second-order valence-electron chi connectivity index (χ2n) is 13.6. The van der Waals surface area contributed by atoms with Crippen molar-refractivity contribution in [2.45, 2.75) is 95.4 Å². The van der Waals surface area contributed by atoms with Crippen LogP contribution in [-0.2, 0) is 21.7 Å². The molecule has 244 valence electrons. The van der Waals surface area contributed by atoms with Gasteiger partial charge in [-0.25, -0.2) is 0 Å². The summed E-state index contributed by atoms with van der Waals surface area (Å²) < 4.78 is 14.1. The van der Waals surface area contributed by atoms with Crippen molar-refractivity contribution in [1.82, 2.24) is 5.32 Å². The lowest BCUT2D eigenvalue weighted by Gasteiger charge is -2.53. The van der Waals surface area contributed by atoms with E-state index in [4.69, 9.17) is 9.47 Å². The summed E-state index contributed by atoms with van der Waals surface area (Å²) in [6.07, 6.45) is 8.96. The molecule has 3 saturated heterocycles. The smallest absolute Gasteiger partial charge is 0.121 e. The summed E-state index contributed by atoms with van der Waals surface area (Å²) in [5.41, 5.74) is 1.14. The quantitative estimate of drug-likeness (QED) is 0.0998. The summed E-state index contributed by atoms with van der Waals surface area (Å²) in [5.74, 6) is 0.876. The van der Waals surface area contributed by atoms with Crippen LogP contribution in [0.2, 0.25) is 0 Å². The zero-order chi connectivity index (χ0) is 31.0. The molecule has 2 aromatic rings. The van der Waals surface area contributed by atoms with Crippen molar-refractivity contribution in [3.63, 3.8) is 0 Å². The van der Waals surface area contributed by atoms with Gasteiger partial charge in [0, 0.05) is 37.3 Å². The van der Waals surface area contributed by atoms with E-state index in [9.17, 15) is 20.4 Å². The molecule has 8 nitrogen and oxygen atoms in total. The van der Waals surface area contributed by atoms with Crippen LogP contribution in [0.3, 0.4) is 0 Å². The number of hydrogen-bond acceptors (Lipinski definition) is 7. The highest BCUT2D eigenvalue weighted by Gasteiger charge is 2.48. The van der Waals surface area contributed by atoms with Crippen molar-refractivity contribution >= 4 is 0 Å². The summed E-state index contributed by atoms with van der Waals surface area (Å²) in [6, 6.07) is 15.0. The van der Waals surface area contributed by atoms with E-state index in [-0.39, 0.29) is 30.6 Å². The predicted octanol–water partition coefficient (Wildman–Crippen LogP) is 4.74. The zero-order valence-electron chi connectivity index (χ0n) is 26.6. The average Bonchev–Trinajstić information content (AvgIpc) is 3.61. The highest BCUT2D eigenvalue weighted by molar-refractivity contribution is 5.36. The van der Waals surface area contributed by atoms with Gasteiger partial charge in [-0.15, -0.1) is 0 Å². The Balaban J connectivity index is 1.10. The van der Waals surface area contributed by atoms with Crippen LogP contribution < -0.4 is 5.32 Å². The van der Waals surface area contributed by atoms with E-state index < -0.39 is 11.7 Å². The van der Waals surface area contributed by atoms with Crippen molar-refractivity contribution in [1.29, 1.82) is 0 Å². The molecule has 0 spiro atoms. The van der Waals surface area contributed by atoms with Crippen molar-refractivity contribution in [2.75, 3.05) is 45.9 Å². The fourth-order valence-electron chi connectivity index (χ4n) is 7.96. The van der Waals surface area contributed by atoms with Crippen LogP contribution >= 0.6 is 0 Å². The maximum atomic E-state index is 12.0. The molecule has 3 aliphatic heterocycles. The van der Waals surface area contributed by atoms with Gasteiger partial charge in [-0.2, -0.15) is 0 Å². The molecule has 3 heterocycles. The maximum Gasteiger partial charge on any atom is 0.121 e. The van der Waals surface area contributed by atoms with E-state index in [1.807, 2.05) is 18.2 Å². The fourth-order valence-corrected chi connectivity index (χ4v) is 7.96. The molecule has 4 atom stereocenters. The molecule has 44 heavy (non-hydrogen) atoms. The first kappa shape index (κ1) is 33.3. The molecular weight excluding hydrogens is 556 g/mol. The minimum atomic E-state index is -0.916.